The summed E-state index contributed by atoms with van der Waals surface area (Å²) < 4.78 is 6.23. The van der Waals surface area contributed by atoms with Crippen molar-refractivity contribution in [2.45, 2.75) is 19.8 Å². The van der Waals surface area contributed by atoms with Gasteiger partial charge in [-0.15, -0.1) is 0 Å². The van der Waals surface area contributed by atoms with Crippen LogP contribution < -0.4 is 5.73 Å². The van der Waals surface area contributed by atoms with Gasteiger partial charge in [-0.05, 0) is 48.7 Å². The van der Waals surface area contributed by atoms with Crippen molar-refractivity contribution < 1.29 is 4.42 Å². The highest BCUT2D eigenvalue weighted by Crippen LogP contribution is 2.37. The van der Waals surface area contributed by atoms with Crippen LogP contribution in [-0.2, 0) is 12.8 Å². The monoisotopic (exact) mass is 354 g/mol. The highest BCUT2D eigenvalue weighted by molar-refractivity contribution is 6.10. The largest absolute Gasteiger partial charge is 0.455 e. The van der Waals surface area contributed by atoms with Crippen molar-refractivity contribution in [3.63, 3.8) is 0 Å². The number of aryl methyl sites for hydroxylation is 1. The average molecular weight is 354 g/mol. The van der Waals surface area contributed by atoms with Crippen LogP contribution in [0, 0.1) is 0 Å². The molecule has 0 radical (unpaired) electrons. The molecule has 2 heterocycles. The number of hydrogen-bond acceptors (Lipinski definition) is 2. The Kier molecular flexibility index (Phi) is 3.76. The number of nitrogens with two attached hydrogens (primary N) is 1. The van der Waals surface area contributed by atoms with Crippen LogP contribution in [0.5, 0.6) is 0 Å². The maximum atomic E-state index is 6.23. The lowest BCUT2D eigenvalue weighted by Crippen LogP contribution is -2.04. The molecule has 0 aliphatic rings. The maximum absolute atomic E-state index is 6.23. The van der Waals surface area contributed by atoms with Gasteiger partial charge in [-0.3, -0.25) is 0 Å². The highest BCUT2D eigenvalue weighted by atomic mass is 16.3. The van der Waals surface area contributed by atoms with Gasteiger partial charge in [-0.25, -0.2) is 0 Å². The van der Waals surface area contributed by atoms with E-state index in [1.807, 2.05) is 12.1 Å². The van der Waals surface area contributed by atoms with Gasteiger partial charge in [0.15, 0.2) is 0 Å². The van der Waals surface area contributed by atoms with Crippen molar-refractivity contribution in [2.75, 3.05) is 6.54 Å². The molecule has 5 rings (SSSR count). The Labute approximate surface area is 157 Å². The van der Waals surface area contributed by atoms with Crippen LogP contribution in [0.15, 0.2) is 65.1 Å². The number of aromatic nitrogens is 1. The minimum atomic E-state index is 0.656. The molecule has 0 saturated heterocycles. The lowest BCUT2D eigenvalue weighted by Gasteiger charge is -2.05. The number of nitrogens with one attached hydrogen (secondary N) is 1. The minimum Gasteiger partial charge on any atom is -0.455 e. The van der Waals surface area contributed by atoms with E-state index in [9.17, 15) is 0 Å². The molecule has 3 heteroatoms. The van der Waals surface area contributed by atoms with E-state index in [2.05, 4.69) is 60.4 Å². The van der Waals surface area contributed by atoms with E-state index in [0.29, 0.717) is 6.54 Å². The topological polar surface area (TPSA) is 55.0 Å². The van der Waals surface area contributed by atoms with Crippen molar-refractivity contribution in [1.82, 2.24) is 4.98 Å². The SMILES string of the molecule is CCc1[nH]c2ccc(-c3cccc4c3oc3ccccc34)cc2c1CCN. The molecule has 27 heavy (non-hydrogen) atoms. The van der Waals surface area contributed by atoms with Crippen LogP contribution in [0.25, 0.3) is 44.0 Å². The third-order valence-corrected chi connectivity index (χ3v) is 5.46. The summed E-state index contributed by atoms with van der Waals surface area (Å²) in [6, 6.07) is 21.2. The summed E-state index contributed by atoms with van der Waals surface area (Å²) in [5, 5.41) is 3.59. The molecule has 0 atom stereocenters. The van der Waals surface area contributed by atoms with Crippen molar-refractivity contribution in [3.05, 3.63) is 71.9 Å². The summed E-state index contributed by atoms with van der Waals surface area (Å²) in [5.74, 6) is 0. The first kappa shape index (κ1) is 16.2. The van der Waals surface area contributed by atoms with Crippen LogP contribution in [0.2, 0.25) is 0 Å². The van der Waals surface area contributed by atoms with E-state index < -0.39 is 0 Å². The molecule has 0 spiro atoms. The first-order valence-electron chi connectivity index (χ1n) is 9.54. The summed E-state index contributed by atoms with van der Waals surface area (Å²) in [6.45, 7) is 2.84. The molecule has 0 unspecified atom stereocenters. The first-order chi connectivity index (χ1) is 13.3. The van der Waals surface area contributed by atoms with Gasteiger partial charge in [-0.1, -0.05) is 49.4 Å². The second-order valence-electron chi connectivity index (χ2n) is 7.02. The fourth-order valence-corrected chi connectivity index (χ4v) is 4.18. The Balaban J connectivity index is 1.77. The Morgan fingerprint density at radius 1 is 0.926 bits per heavy atom. The molecule has 3 nitrogen and oxygen atoms in total. The van der Waals surface area contributed by atoms with Crippen LogP contribution >= 0.6 is 0 Å². The third-order valence-electron chi connectivity index (χ3n) is 5.46. The lowest BCUT2D eigenvalue weighted by atomic mass is 9.99. The van der Waals surface area contributed by atoms with Crippen LogP contribution in [0.4, 0.5) is 0 Å². The minimum absolute atomic E-state index is 0.656. The molecule has 0 aliphatic heterocycles. The van der Waals surface area contributed by atoms with Crippen LogP contribution in [0.1, 0.15) is 18.2 Å². The molecule has 2 aromatic heterocycles. The normalized spacial score (nSPS) is 11.8. The zero-order valence-corrected chi connectivity index (χ0v) is 15.4. The molecule has 0 aliphatic carbocycles. The van der Waals surface area contributed by atoms with Gasteiger partial charge in [0.25, 0.3) is 0 Å². The number of para-hydroxylation sites is 2. The van der Waals surface area contributed by atoms with E-state index in [-0.39, 0.29) is 0 Å². The number of furan rings is 1. The molecule has 0 saturated carbocycles. The Morgan fingerprint density at radius 3 is 2.63 bits per heavy atom. The molecular formula is C24H22N2O. The Hall–Kier alpha value is -3.04. The van der Waals surface area contributed by atoms with E-state index in [0.717, 1.165) is 40.3 Å². The summed E-state index contributed by atoms with van der Waals surface area (Å²) >= 11 is 0. The van der Waals surface area contributed by atoms with Crippen molar-refractivity contribution in [1.29, 1.82) is 0 Å². The van der Waals surface area contributed by atoms with Crippen LogP contribution in [0.3, 0.4) is 0 Å². The number of H-pyrrole nitrogens is 1. The molecule has 134 valence electrons. The van der Waals surface area contributed by atoms with Gasteiger partial charge in [-0.2, -0.15) is 0 Å². The molecule has 3 N–H and O–H groups in total. The molecule has 0 fully saturated rings. The second-order valence-corrected chi connectivity index (χ2v) is 7.02. The quantitative estimate of drug-likeness (QED) is 0.429. The zero-order chi connectivity index (χ0) is 18.4. The number of aromatic amines is 1. The number of rotatable bonds is 4. The predicted molar refractivity (Wildman–Crippen MR) is 113 cm³/mol. The fourth-order valence-electron chi connectivity index (χ4n) is 4.18. The van der Waals surface area contributed by atoms with Crippen molar-refractivity contribution in [3.8, 4) is 11.1 Å². The van der Waals surface area contributed by atoms with Gasteiger partial charge in [0.05, 0.1) is 0 Å². The molecule has 5 aromatic rings. The van der Waals surface area contributed by atoms with Gasteiger partial charge in [0, 0.05) is 32.9 Å². The summed E-state index contributed by atoms with van der Waals surface area (Å²) in [7, 11) is 0. The van der Waals surface area contributed by atoms with Crippen molar-refractivity contribution in [2.24, 2.45) is 5.73 Å². The Morgan fingerprint density at radius 2 is 1.78 bits per heavy atom. The number of benzene rings is 3. The molecular weight excluding hydrogens is 332 g/mol. The van der Waals surface area contributed by atoms with Gasteiger partial charge in [0.2, 0.25) is 0 Å². The highest BCUT2D eigenvalue weighted by Gasteiger charge is 2.14. The van der Waals surface area contributed by atoms with E-state index in [1.165, 1.54) is 27.7 Å². The summed E-state index contributed by atoms with van der Waals surface area (Å²) in [6.07, 6.45) is 1.87. The van der Waals surface area contributed by atoms with Gasteiger partial charge >= 0.3 is 0 Å². The zero-order valence-electron chi connectivity index (χ0n) is 15.4. The standard InChI is InChI=1S/C24H22N2O/c1-2-21-17(12-13-25)20-14-15(10-11-22(20)26-21)16-7-5-8-19-18-6-3-4-9-23(18)27-24(16)19/h3-11,14,26H,2,12-13,25H2,1H3. The first-order valence-corrected chi connectivity index (χ1v) is 9.54. The lowest BCUT2D eigenvalue weighted by molar-refractivity contribution is 0.670. The molecule has 0 amide bonds. The predicted octanol–water partition coefficient (Wildman–Crippen LogP) is 5.80. The second kappa shape index (κ2) is 6.29. The number of fused-ring (bicyclic) bond motifs is 4. The summed E-state index contributed by atoms with van der Waals surface area (Å²) in [5.41, 5.74) is 13.9. The molecule has 3 aromatic carbocycles. The van der Waals surface area contributed by atoms with Gasteiger partial charge in [0.1, 0.15) is 11.2 Å². The average Bonchev–Trinajstić information content (AvgIpc) is 3.26. The fraction of sp³-hybridized carbons (Fsp3) is 0.167. The number of hydrogen-bond donors (Lipinski definition) is 2. The third kappa shape index (κ3) is 2.47. The maximum Gasteiger partial charge on any atom is 0.143 e. The van der Waals surface area contributed by atoms with E-state index >= 15 is 0 Å². The van der Waals surface area contributed by atoms with Crippen LogP contribution in [-0.4, -0.2) is 11.5 Å². The Bertz CT molecular complexity index is 1280. The summed E-state index contributed by atoms with van der Waals surface area (Å²) in [4.78, 5) is 3.56. The van der Waals surface area contributed by atoms with Gasteiger partial charge < -0.3 is 15.1 Å². The molecule has 0 bridgehead atoms. The van der Waals surface area contributed by atoms with Crippen molar-refractivity contribution >= 4 is 32.8 Å². The smallest absolute Gasteiger partial charge is 0.143 e. The van der Waals surface area contributed by atoms with E-state index in [4.69, 9.17) is 10.2 Å². The van der Waals surface area contributed by atoms with E-state index in [1.54, 1.807) is 0 Å².